The highest BCUT2D eigenvalue weighted by atomic mass is 16.5. The molecule has 0 spiro atoms. The monoisotopic (exact) mass is 385 g/mol. The van der Waals surface area contributed by atoms with E-state index in [0.29, 0.717) is 58.9 Å². The maximum absolute atomic E-state index is 12.7. The number of aromatic hydroxyl groups is 1. The van der Waals surface area contributed by atoms with Crippen molar-refractivity contribution in [1.29, 1.82) is 0 Å². The van der Waals surface area contributed by atoms with E-state index >= 15 is 0 Å². The Morgan fingerprint density at radius 1 is 1.04 bits per heavy atom. The molecule has 0 atom stereocenters. The number of rotatable bonds is 8. The molecule has 3 rings (SSSR count). The molecule has 0 aliphatic carbocycles. The lowest BCUT2D eigenvalue weighted by Crippen LogP contribution is -2.19. The van der Waals surface area contributed by atoms with Gasteiger partial charge in [-0.05, 0) is 35.9 Å². The van der Waals surface area contributed by atoms with Gasteiger partial charge >= 0.3 is 5.63 Å². The normalized spacial score (nSPS) is 11.0. The average Bonchev–Trinajstić information content (AvgIpc) is 2.71. The summed E-state index contributed by atoms with van der Waals surface area (Å²) in [4.78, 5) is 12.7. The molecule has 28 heavy (non-hydrogen) atoms. The molecule has 0 fully saturated rings. The third-order valence-corrected chi connectivity index (χ3v) is 4.46. The number of hydrogen-bond donors (Lipinski definition) is 2. The van der Waals surface area contributed by atoms with Gasteiger partial charge in [-0.3, -0.25) is 0 Å². The molecule has 2 aromatic carbocycles. The van der Waals surface area contributed by atoms with Gasteiger partial charge in [0.2, 0.25) is 0 Å². The van der Waals surface area contributed by atoms with E-state index in [0.717, 1.165) is 0 Å². The number of ether oxygens (including phenoxy) is 3. The van der Waals surface area contributed by atoms with Gasteiger partial charge in [-0.2, -0.15) is 0 Å². The molecule has 0 amide bonds. The van der Waals surface area contributed by atoms with Crippen LogP contribution in [0.25, 0.3) is 22.1 Å². The zero-order chi connectivity index (χ0) is 20.1. The zero-order valence-electron chi connectivity index (χ0n) is 16.1. The summed E-state index contributed by atoms with van der Waals surface area (Å²) in [6, 6.07) is 10.3. The molecule has 7 nitrogen and oxygen atoms in total. The average molecular weight is 385 g/mol. The van der Waals surface area contributed by atoms with Crippen molar-refractivity contribution in [3.05, 3.63) is 52.4 Å². The Bertz CT molecular complexity index is 1030. The molecule has 3 aromatic rings. The summed E-state index contributed by atoms with van der Waals surface area (Å²) in [7, 11) is 4.71. The number of phenolic OH excluding ortho intramolecular Hbond substituents is 1. The molecule has 0 radical (unpaired) electrons. The first-order chi connectivity index (χ1) is 13.6. The molecule has 0 aliphatic rings. The Hall–Kier alpha value is -3.03. The number of benzene rings is 2. The van der Waals surface area contributed by atoms with E-state index in [2.05, 4.69) is 5.32 Å². The van der Waals surface area contributed by atoms with Crippen molar-refractivity contribution in [2.24, 2.45) is 0 Å². The maximum atomic E-state index is 12.7. The second-order valence-corrected chi connectivity index (χ2v) is 6.17. The van der Waals surface area contributed by atoms with Crippen molar-refractivity contribution in [2.45, 2.75) is 6.54 Å². The summed E-state index contributed by atoms with van der Waals surface area (Å²) in [6.45, 7) is 1.50. The van der Waals surface area contributed by atoms with Gasteiger partial charge in [-0.15, -0.1) is 0 Å². The van der Waals surface area contributed by atoms with Crippen LogP contribution in [0, 0.1) is 0 Å². The number of nitrogens with one attached hydrogen (secondary N) is 1. The molecule has 0 saturated carbocycles. The van der Waals surface area contributed by atoms with Crippen LogP contribution in [-0.4, -0.2) is 39.6 Å². The lowest BCUT2D eigenvalue weighted by Gasteiger charge is -2.11. The molecular formula is C21H23NO6. The van der Waals surface area contributed by atoms with Crippen LogP contribution in [0.2, 0.25) is 0 Å². The Labute approximate surface area is 162 Å². The fourth-order valence-electron chi connectivity index (χ4n) is 3.00. The summed E-state index contributed by atoms with van der Waals surface area (Å²) in [5, 5.41) is 14.1. The van der Waals surface area contributed by atoms with Crippen LogP contribution in [0.15, 0.2) is 45.6 Å². The largest absolute Gasteiger partial charge is 0.507 e. The number of fused-ring (bicyclic) bond motifs is 1. The molecule has 0 aliphatic heterocycles. The molecule has 2 N–H and O–H groups in total. The third-order valence-electron chi connectivity index (χ3n) is 4.46. The Kier molecular flexibility index (Phi) is 6.18. The van der Waals surface area contributed by atoms with Crippen LogP contribution in [0.4, 0.5) is 0 Å². The minimum absolute atomic E-state index is 0.0689. The molecular weight excluding hydrogens is 362 g/mol. The summed E-state index contributed by atoms with van der Waals surface area (Å²) in [5.74, 6) is 1.17. The summed E-state index contributed by atoms with van der Waals surface area (Å²) < 4.78 is 21.1. The van der Waals surface area contributed by atoms with Gasteiger partial charge in [-0.25, -0.2) is 4.79 Å². The molecule has 1 aromatic heterocycles. The highest BCUT2D eigenvalue weighted by Gasteiger charge is 2.15. The van der Waals surface area contributed by atoms with E-state index in [1.807, 2.05) is 0 Å². The van der Waals surface area contributed by atoms with Crippen molar-refractivity contribution < 1.29 is 23.7 Å². The molecule has 148 valence electrons. The minimum atomic E-state index is -0.497. The third kappa shape index (κ3) is 3.95. The number of methoxy groups -OCH3 is 3. The highest BCUT2D eigenvalue weighted by molar-refractivity contribution is 5.86. The second kappa shape index (κ2) is 8.77. The van der Waals surface area contributed by atoms with E-state index < -0.39 is 5.63 Å². The van der Waals surface area contributed by atoms with E-state index in [4.69, 9.17) is 18.6 Å². The van der Waals surface area contributed by atoms with Crippen LogP contribution in [-0.2, 0) is 11.3 Å². The fourth-order valence-corrected chi connectivity index (χ4v) is 3.00. The van der Waals surface area contributed by atoms with E-state index in [9.17, 15) is 9.90 Å². The topological polar surface area (TPSA) is 90.2 Å². The molecule has 0 saturated heterocycles. The van der Waals surface area contributed by atoms with Crippen LogP contribution < -0.4 is 20.4 Å². The minimum Gasteiger partial charge on any atom is -0.507 e. The molecule has 1 heterocycles. The van der Waals surface area contributed by atoms with Crippen LogP contribution in [0.5, 0.6) is 17.2 Å². The molecule has 7 heteroatoms. The number of hydrogen-bond acceptors (Lipinski definition) is 7. The van der Waals surface area contributed by atoms with Crippen LogP contribution >= 0.6 is 0 Å². The molecule has 0 bridgehead atoms. The summed E-state index contributed by atoms with van der Waals surface area (Å²) in [5.41, 5.74) is 1.45. The summed E-state index contributed by atoms with van der Waals surface area (Å²) >= 11 is 0. The smallest absolute Gasteiger partial charge is 0.344 e. The first kappa shape index (κ1) is 19.7. The van der Waals surface area contributed by atoms with Gasteiger partial charge in [0.1, 0.15) is 11.3 Å². The lowest BCUT2D eigenvalue weighted by molar-refractivity contribution is 0.199. The van der Waals surface area contributed by atoms with Gasteiger partial charge < -0.3 is 29.1 Å². The van der Waals surface area contributed by atoms with Gasteiger partial charge in [0.15, 0.2) is 11.5 Å². The lowest BCUT2D eigenvalue weighted by atomic mass is 10.0. The first-order valence-corrected chi connectivity index (χ1v) is 8.79. The van der Waals surface area contributed by atoms with Gasteiger partial charge in [0.05, 0.1) is 32.0 Å². The van der Waals surface area contributed by atoms with Crippen LogP contribution in [0.1, 0.15) is 5.56 Å². The van der Waals surface area contributed by atoms with E-state index in [1.165, 1.54) is 7.11 Å². The zero-order valence-corrected chi connectivity index (χ0v) is 16.1. The Morgan fingerprint density at radius 3 is 2.54 bits per heavy atom. The van der Waals surface area contributed by atoms with Gasteiger partial charge in [0.25, 0.3) is 0 Å². The van der Waals surface area contributed by atoms with Crippen molar-refractivity contribution >= 4 is 11.0 Å². The van der Waals surface area contributed by atoms with E-state index in [1.54, 1.807) is 50.6 Å². The van der Waals surface area contributed by atoms with Gasteiger partial charge in [-0.1, -0.05) is 6.07 Å². The standard InChI is InChI=1S/C21H23NO6/c1-25-9-8-22-12-16-17(23)6-4-14-10-15(21(24)28-20(14)16)13-5-7-18(26-2)19(11-13)27-3/h4-7,10-11,22-23H,8-9,12H2,1-3H3. The van der Waals surface area contributed by atoms with E-state index in [-0.39, 0.29) is 5.75 Å². The second-order valence-electron chi connectivity index (χ2n) is 6.17. The predicted molar refractivity (Wildman–Crippen MR) is 106 cm³/mol. The van der Waals surface area contributed by atoms with Crippen molar-refractivity contribution in [3.63, 3.8) is 0 Å². The predicted octanol–water partition coefficient (Wildman–Crippen LogP) is 2.92. The SMILES string of the molecule is COCCNCc1c(O)ccc2cc(-c3ccc(OC)c(OC)c3)c(=O)oc12. The summed E-state index contributed by atoms with van der Waals surface area (Å²) in [6.07, 6.45) is 0. The van der Waals surface area contributed by atoms with Crippen molar-refractivity contribution in [1.82, 2.24) is 5.32 Å². The fraction of sp³-hybridized carbons (Fsp3) is 0.286. The van der Waals surface area contributed by atoms with Gasteiger partial charge in [0, 0.05) is 25.6 Å². The Balaban J connectivity index is 2.04. The maximum Gasteiger partial charge on any atom is 0.344 e. The quantitative estimate of drug-likeness (QED) is 0.455. The first-order valence-electron chi connectivity index (χ1n) is 8.79. The van der Waals surface area contributed by atoms with Crippen LogP contribution in [0.3, 0.4) is 0 Å². The molecule has 0 unspecified atom stereocenters. The van der Waals surface area contributed by atoms with Crippen molar-refractivity contribution in [2.75, 3.05) is 34.5 Å². The number of phenols is 1. The highest BCUT2D eigenvalue weighted by Crippen LogP contribution is 2.33. The van der Waals surface area contributed by atoms with Crippen molar-refractivity contribution in [3.8, 4) is 28.4 Å². The Morgan fingerprint density at radius 2 is 1.82 bits per heavy atom.